The van der Waals surface area contributed by atoms with Crippen molar-refractivity contribution in [1.29, 1.82) is 5.26 Å². The van der Waals surface area contributed by atoms with Crippen molar-refractivity contribution in [2.24, 2.45) is 5.92 Å². The van der Waals surface area contributed by atoms with Gasteiger partial charge in [0, 0.05) is 19.4 Å². The molecular weight excluding hydrogens is 180 g/mol. The second-order valence-electron chi connectivity index (χ2n) is 3.64. The summed E-state index contributed by atoms with van der Waals surface area (Å²) in [5, 5.41) is 8.61. The van der Waals surface area contributed by atoms with Crippen LogP contribution in [0.25, 0.3) is 0 Å². The van der Waals surface area contributed by atoms with Gasteiger partial charge in [-0.25, -0.2) is 0 Å². The maximum Gasteiger partial charge on any atom is 0.229 e. The molecule has 0 saturated carbocycles. The van der Waals surface area contributed by atoms with Gasteiger partial charge in [-0.15, -0.1) is 0 Å². The van der Waals surface area contributed by atoms with Gasteiger partial charge in [0.15, 0.2) is 0 Å². The molecule has 0 radical (unpaired) electrons. The van der Waals surface area contributed by atoms with Gasteiger partial charge >= 0.3 is 0 Å². The van der Waals surface area contributed by atoms with Gasteiger partial charge in [-0.2, -0.15) is 5.26 Å². The van der Waals surface area contributed by atoms with E-state index in [9.17, 15) is 9.59 Å². The topological polar surface area (TPSA) is 61.2 Å². The lowest BCUT2D eigenvalue weighted by atomic mass is 10.2. The van der Waals surface area contributed by atoms with E-state index >= 15 is 0 Å². The van der Waals surface area contributed by atoms with Crippen LogP contribution in [0.5, 0.6) is 0 Å². The monoisotopic (exact) mass is 194 g/mol. The largest absolute Gasteiger partial charge is 0.281 e. The lowest BCUT2D eigenvalue weighted by molar-refractivity contribution is -0.144. The molecule has 1 fully saturated rings. The molecule has 0 bridgehead atoms. The van der Waals surface area contributed by atoms with Gasteiger partial charge in [0.05, 0.1) is 12.0 Å². The predicted octanol–water partition coefficient (Wildman–Crippen LogP) is 1.08. The number of hydrogen-bond acceptors (Lipinski definition) is 3. The Kier molecular flexibility index (Phi) is 3.63. The molecule has 1 saturated heterocycles. The lowest BCUT2D eigenvalue weighted by Gasteiger charge is -2.19. The fraction of sp³-hybridized carbons (Fsp3) is 0.700. The summed E-state index contributed by atoms with van der Waals surface area (Å²) < 4.78 is 0. The number of nitrogens with zero attached hydrogens (tertiary/aromatic N) is 2. The molecule has 1 aliphatic rings. The standard InChI is InChI=1S/C10H14N2O2/c1-8(6-11)7-12-9(13)4-2-3-5-10(12)14/h8H,2-5,7H2,1H3. The number of rotatable bonds is 2. The van der Waals surface area contributed by atoms with Crippen LogP contribution in [0, 0.1) is 17.2 Å². The minimum Gasteiger partial charge on any atom is -0.281 e. The maximum atomic E-state index is 11.5. The molecule has 14 heavy (non-hydrogen) atoms. The van der Waals surface area contributed by atoms with E-state index in [-0.39, 0.29) is 24.3 Å². The molecule has 0 aliphatic carbocycles. The van der Waals surface area contributed by atoms with E-state index in [1.165, 1.54) is 4.90 Å². The van der Waals surface area contributed by atoms with E-state index in [4.69, 9.17) is 5.26 Å². The number of nitriles is 1. The predicted molar refractivity (Wildman–Crippen MR) is 50.0 cm³/mol. The van der Waals surface area contributed by atoms with Crippen LogP contribution in [0.1, 0.15) is 32.6 Å². The Morgan fingerprint density at radius 2 is 1.86 bits per heavy atom. The molecule has 4 heteroatoms. The normalized spacial score (nSPS) is 20.1. The third kappa shape index (κ3) is 2.56. The van der Waals surface area contributed by atoms with E-state index in [1.54, 1.807) is 6.92 Å². The number of hydrogen-bond donors (Lipinski definition) is 0. The van der Waals surface area contributed by atoms with Crippen molar-refractivity contribution < 1.29 is 9.59 Å². The van der Waals surface area contributed by atoms with E-state index in [1.807, 2.05) is 6.07 Å². The Bertz CT molecular complexity index is 262. The molecule has 4 nitrogen and oxygen atoms in total. The van der Waals surface area contributed by atoms with Crippen molar-refractivity contribution in [3.63, 3.8) is 0 Å². The molecule has 76 valence electrons. The zero-order chi connectivity index (χ0) is 10.6. The Morgan fingerprint density at radius 3 is 2.29 bits per heavy atom. The summed E-state index contributed by atoms with van der Waals surface area (Å²) in [6.07, 6.45) is 2.43. The van der Waals surface area contributed by atoms with Crippen molar-refractivity contribution in [2.75, 3.05) is 6.54 Å². The SMILES string of the molecule is CC(C#N)CN1C(=O)CCCCC1=O. The van der Waals surface area contributed by atoms with Crippen LogP contribution < -0.4 is 0 Å². The fourth-order valence-corrected chi connectivity index (χ4v) is 1.48. The molecule has 1 heterocycles. The second kappa shape index (κ2) is 4.75. The molecule has 0 aromatic carbocycles. The zero-order valence-corrected chi connectivity index (χ0v) is 8.32. The summed E-state index contributed by atoms with van der Waals surface area (Å²) in [5.74, 6) is -0.537. The average Bonchev–Trinajstić information content (AvgIpc) is 2.32. The molecule has 0 aromatic rings. The van der Waals surface area contributed by atoms with Gasteiger partial charge in [0.1, 0.15) is 0 Å². The van der Waals surface area contributed by atoms with Gasteiger partial charge < -0.3 is 0 Å². The summed E-state index contributed by atoms with van der Waals surface area (Å²) in [6.45, 7) is 1.96. The van der Waals surface area contributed by atoms with Crippen LogP contribution in [0.2, 0.25) is 0 Å². The van der Waals surface area contributed by atoms with Crippen LogP contribution in [0.4, 0.5) is 0 Å². The Hall–Kier alpha value is -1.37. The first-order valence-electron chi connectivity index (χ1n) is 4.88. The van der Waals surface area contributed by atoms with Crippen molar-refractivity contribution in [2.45, 2.75) is 32.6 Å². The first-order valence-corrected chi connectivity index (χ1v) is 4.88. The number of carbonyl (C=O) groups is 2. The summed E-state index contributed by atoms with van der Waals surface area (Å²) in [7, 11) is 0. The highest BCUT2D eigenvalue weighted by Crippen LogP contribution is 2.13. The highest BCUT2D eigenvalue weighted by Gasteiger charge is 2.25. The molecule has 0 aromatic heterocycles. The van der Waals surface area contributed by atoms with Crippen LogP contribution in [-0.4, -0.2) is 23.3 Å². The third-order valence-electron chi connectivity index (χ3n) is 2.31. The number of carbonyl (C=O) groups excluding carboxylic acids is 2. The molecule has 1 rings (SSSR count). The van der Waals surface area contributed by atoms with Gasteiger partial charge in [-0.05, 0) is 19.8 Å². The van der Waals surface area contributed by atoms with Crippen molar-refractivity contribution >= 4 is 11.8 Å². The first-order chi connectivity index (χ1) is 6.65. The average molecular weight is 194 g/mol. The quantitative estimate of drug-likeness (QED) is 0.618. The summed E-state index contributed by atoms with van der Waals surface area (Å²) >= 11 is 0. The molecule has 0 N–H and O–H groups in total. The van der Waals surface area contributed by atoms with Crippen LogP contribution in [0.15, 0.2) is 0 Å². The minimum atomic E-state index is -0.277. The molecule has 2 amide bonds. The van der Waals surface area contributed by atoms with Crippen molar-refractivity contribution in [3.05, 3.63) is 0 Å². The summed E-state index contributed by atoms with van der Waals surface area (Å²) in [4.78, 5) is 24.2. The van der Waals surface area contributed by atoms with E-state index in [0.29, 0.717) is 12.8 Å². The van der Waals surface area contributed by atoms with Gasteiger partial charge in [0.25, 0.3) is 0 Å². The highest BCUT2D eigenvalue weighted by molar-refractivity contribution is 5.96. The smallest absolute Gasteiger partial charge is 0.229 e. The van der Waals surface area contributed by atoms with Gasteiger partial charge in [0.2, 0.25) is 11.8 Å². The van der Waals surface area contributed by atoms with Crippen LogP contribution in [-0.2, 0) is 9.59 Å². The van der Waals surface area contributed by atoms with E-state index in [0.717, 1.165) is 12.8 Å². The molecule has 0 spiro atoms. The molecule has 1 aliphatic heterocycles. The number of amides is 2. The number of likely N-dealkylation sites (tertiary alicyclic amines) is 1. The van der Waals surface area contributed by atoms with Crippen LogP contribution >= 0.6 is 0 Å². The van der Waals surface area contributed by atoms with Crippen molar-refractivity contribution in [3.8, 4) is 6.07 Å². The van der Waals surface area contributed by atoms with E-state index < -0.39 is 0 Å². The minimum absolute atomic E-state index is 0.130. The highest BCUT2D eigenvalue weighted by atomic mass is 16.2. The second-order valence-corrected chi connectivity index (χ2v) is 3.64. The Labute approximate surface area is 83.5 Å². The van der Waals surface area contributed by atoms with Gasteiger partial charge in [-0.1, -0.05) is 0 Å². The molecule has 1 unspecified atom stereocenters. The van der Waals surface area contributed by atoms with Crippen LogP contribution in [0.3, 0.4) is 0 Å². The Morgan fingerprint density at radius 1 is 1.36 bits per heavy atom. The van der Waals surface area contributed by atoms with Crippen molar-refractivity contribution in [1.82, 2.24) is 4.90 Å². The third-order valence-corrected chi connectivity index (χ3v) is 2.31. The van der Waals surface area contributed by atoms with E-state index in [2.05, 4.69) is 0 Å². The summed E-state index contributed by atoms with van der Waals surface area (Å²) in [6, 6.07) is 2.03. The lowest BCUT2D eigenvalue weighted by Crippen LogP contribution is -2.38. The molecule has 1 atom stereocenters. The maximum absolute atomic E-state index is 11.5. The number of imide groups is 1. The Balaban J connectivity index is 2.66. The zero-order valence-electron chi connectivity index (χ0n) is 8.32. The van der Waals surface area contributed by atoms with Gasteiger partial charge in [-0.3, -0.25) is 14.5 Å². The fourth-order valence-electron chi connectivity index (χ4n) is 1.48. The molecular formula is C10H14N2O2. The summed E-state index contributed by atoms with van der Waals surface area (Å²) in [5.41, 5.74) is 0. The first kappa shape index (κ1) is 10.7.